The van der Waals surface area contributed by atoms with Crippen LogP contribution in [0.2, 0.25) is 0 Å². The molecule has 0 radical (unpaired) electrons. The van der Waals surface area contributed by atoms with Gasteiger partial charge in [0.1, 0.15) is 0 Å². The lowest BCUT2D eigenvalue weighted by atomic mass is 10.0. The van der Waals surface area contributed by atoms with E-state index in [0.29, 0.717) is 5.92 Å². The predicted molar refractivity (Wildman–Crippen MR) is 60.7 cm³/mol. The van der Waals surface area contributed by atoms with Crippen LogP contribution in [0.25, 0.3) is 0 Å². The van der Waals surface area contributed by atoms with E-state index in [0.717, 1.165) is 32.7 Å². The first-order valence-corrected chi connectivity index (χ1v) is 5.68. The molecule has 1 heterocycles. The van der Waals surface area contributed by atoms with Gasteiger partial charge in [0.2, 0.25) is 0 Å². The smallest absolute Gasteiger partial charge is 0.0608 e. The molecule has 0 amide bonds. The van der Waals surface area contributed by atoms with Gasteiger partial charge in [-0.15, -0.1) is 0 Å². The second-order valence-corrected chi connectivity index (χ2v) is 4.97. The summed E-state index contributed by atoms with van der Waals surface area (Å²) in [5, 5.41) is 9.04. The zero-order valence-corrected chi connectivity index (χ0v) is 9.91. The summed E-state index contributed by atoms with van der Waals surface area (Å²) in [7, 11) is 1.76. The van der Waals surface area contributed by atoms with Crippen molar-refractivity contribution in [2.24, 2.45) is 11.7 Å². The van der Waals surface area contributed by atoms with Crippen molar-refractivity contribution in [1.29, 1.82) is 0 Å². The van der Waals surface area contributed by atoms with E-state index in [2.05, 4.69) is 4.90 Å². The first-order chi connectivity index (χ1) is 7.07. The van der Waals surface area contributed by atoms with Gasteiger partial charge < -0.3 is 20.5 Å². The molecule has 90 valence electrons. The predicted octanol–water partition coefficient (Wildman–Crippen LogP) is 0.0545. The first kappa shape index (κ1) is 12.9. The fraction of sp³-hybridized carbons (Fsp3) is 1.00. The Balaban J connectivity index is 2.19. The highest BCUT2D eigenvalue weighted by atomic mass is 16.5. The number of methoxy groups -OCH3 is 1. The quantitative estimate of drug-likeness (QED) is 0.659. The molecule has 1 saturated heterocycles. The van der Waals surface area contributed by atoms with Crippen LogP contribution >= 0.6 is 0 Å². The van der Waals surface area contributed by atoms with Gasteiger partial charge in [0, 0.05) is 19.2 Å². The van der Waals surface area contributed by atoms with Crippen LogP contribution in [0.15, 0.2) is 0 Å². The van der Waals surface area contributed by atoms with Crippen molar-refractivity contribution < 1.29 is 9.84 Å². The molecule has 1 rings (SSSR count). The standard InChI is InChI=1S/C11H24N2O2/c1-11(12,9-14)4-6-13-5-3-10(7-13)8-15-2/h10,14H,3-9,12H2,1-2H3. The third-order valence-electron chi connectivity index (χ3n) is 3.13. The Labute approximate surface area is 92.4 Å². The SMILES string of the molecule is COCC1CCN(CCC(C)(N)CO)C1. The van der Waals surface area contributed by atoms with Crippen molar-refractivity contribution in [2.45, 2.75) is 25.3 Å². The van der Waals surface area contributed by atoms with Gasteiger partial charge in [-0.2, -0.15) is 0 Å². The molecule has 1 fully saturated rings. The third-order valence-corrected chi connectivity index (χ3v) is 3.13. The third kappa shape index (κ3) is 4.47. The van der Waals surface area contributed by atoms with Gasteiger partial charge in [0.25, 0.3) is 0 Å². The molecule has 0 aliphatic carbocycles. The van der Waals surface area contributed by atoms with Crippen LogP contribution in [0.4, 0.5) is 0 Å². The normalized spacial score (nSPS) is 26.8. The molecule has 3 N–H and O–H groups in total. The van der Waals surface area contributed by atoms with E-state index < -0.39 is 5.54 Å². The zero-order chi connectivity index (χ0) is 11.3. The minimum atomic E-state index is -0.431. The maximum Gasteiger partial charge on any atom is 0.0608 e. The topological polar surface area (TPSA) is 58.7 Å². The molecule has 0 aromatic carbocycles. The molecule has 4 nitrogen and oxygen atoms in total. The van der Waals surface area contributed by atoms with E-state index >= 15 is 0 Å². The second-order valence-electron chi connectivity index (χ2n) is 4.97. The van der Waals surface area contributed by atoms with E-state index in [-0.39, 0.29) is 6.61 Å². The van der Waals surface area contributed by atoms with Gasteiger partial charge in [0.05, 0.1) is 13.2 Å². The number of rotatable bonds is 6. The molecule has 0 bridgehead atoms. The molecule has 1 aliphatic rings. The second kappa shape index (κ2) is 5.80. The maximum absolute atomic E-state index is 9.04. The van der Waals surface area contributed by atoms with Crippen LogP contribution < -0.4 is 5.73 Å². The van der Waals surface area contributed by atoms with E-state index in [9.17, 15) is 0 Å². The number of likely N-dealkylation sites (tertiary alicyclic amines) is 1. The van der Waals surface area contributed by atoms with Crippen molar-refractivity contribution in [3.8, 4) is 0 Å². The Kier molecular flexibility index (Phi) is 4.99. The molecular weight excluding hydrogens is 192 g/mol. The molecular formula is C11H24N2O2. The largest absolute Gasteiger partial charge is 0.394 e. The Morgan fingerprint density at radius 2 is 2.33 bits per heavy atom. The van der Waals surface area contributed by atoms with E-state index in [1.807, 2.05) is 6.92 Å². The number of ether oxygens (including phenoxy) is 1. The summed E-state index contributed by atoms with van der Waals surface area (Å²) >= 11 is 0. The summed E-state index contributed by atoms with van der Waals surface area (Å²) in [5.41, 5.74) is 5.45. The Hall–Kier alpha value is -0.160. The van der Waals surface area contributed by atoms with E-state index in [1.54, 1.807) is 7.11 Å². The van der Waals surface area contributed by atoms with Gasteiger partial charge >= 0.3 is 0 Å². The van der Waals surface area contributed by atoms with Crippen molar-refractivity contribution in [1.82, 2.24) is 4.90 Å². The minimum absolute atomic E-state index is 0.0579. The number of nitrogens with zero attached hydrogens (tertiary/aromatic N) is 1. The van der Waals surface area contributed by atoms with Gasteiger partial charge in [0.15, 0.2) is 0 Å². The Bertz CT molecular complexity index is 185. The minimum Gasteiger partial charge on any atom is -0.394 e. The van der Waals surface area contributed by atoms with Crippen molar-refractivity contribution in [2.75, 3.05) is 40.0 Å². The lowest BCUT2D eigenvalue weighted by Gasteiger charge is -2.25. The Morgan fingerprint density at radius 3 is 2.93 bits per heavy atom. The molecule has 0 saturated carbocycles. The molecule has 2 unspecified atom stereocenters. The van der Waals surface area contributed by atoms with E-state index in [4.69, 9.17) is 15.6 Å². The summed E-state index contributed by atoms with van der Waals surface area (Å²) in [5.74, 6) is 0.674. The highest BCUT2D eigenvalue weighted by Crippen LogP contribution is 2.17. The fourth-order valence-electron chi connectivity index (χ4n) is 1.98. The molecule has 15 heavy (non-hydrogen) atoms. The Morgan fingerprint density at radius 1 is 1.60 bits per heavy atom. The number of aliphatic hydroxyl groups excluding tert-OH is 1. The number of aliphatic hydroxyl groups is 1. The lowest BCUT2D eigenvalue weighted by molar-refractivity contribution is 0.149. The number of nitrogens with two attached hydrogens (primary N) is 1. The highest BCUT2D eigenvalue weighted by molar-refractivity contribution is 4.82. The van der Waals surface area contributed by atoms with Crippen LogP contribution in [0.5, 0.6) is 0 Å². The van der Waals surface area contributed by atoms with E-state index in [1.165, 1.54) is 6.42 Å². The van der Waals surface area contributed by atoms with Crippen LogP contribution in [0.3, 0.4) is 0 Å². The van der Waals surface area contributed by atoms with Crippen molar-refractivity contribution in [3.63, 3.8) is 0 Å². The summed E-state index contributed by atoms with van der Waals surface area (Å²) in [4.78, 5) is 2.41. The summed E-state index contributed by atoms with van der Waals surface area (Å²) in [6.07, 6.45) is 2.07. The zero-order valence-electron chi connectivity index (χ0n) is 9.91. The average molecular weight is 216 g/mol. The number of hydrogen-bond acceptors (Lipinski definition) is 4. The van der Waals surface area contributed by atoms with Crippen LogP contribution in [-0.2, 0) is 4.74 Å². The molecule has 0 aromatic heterocycles. The maximum atomic E-state index is 9.04. The van der Waals surface area contributed by atoms with Gasteiger partial charge in [-0.1, -0.05) is 0 Å². The van der Waals surface area contributed by atoms with Gasteiger partial charge in [-0.3, -0.25) is 0 Å². The molecule has 4 heteroatoms. The average Bonchev–Trinajstić information content (AvgIpc) is 2.64. The van der Waals surface area contributed by atoms with Crippen LogP contribution in [0, 0.1) is 5.92 Å². The summed E-state index contributed by atoms with van der Waals surface area (Å²) < 4.78 is 5.15. The first-order valence-electron chi connectivity index (χ1n) is 5.68. The van der Waals surface area contributed by atoms with Crippen LogP contribution in [0.1, 0.15) is 19.8 Å². The monoisotopic (exact) mass is 216 g/mol. The van der Waals surface area contributed by atoms with Gasteiger partial charge in [-0.05, 0) is 38.8 Å². The molecule has 2 atom stereocenters. The van der Waals surface area contributed by atoms with Crippen molar-refractivity contribution in [3.05, 3.63) is 0 Å². The molecule has 1 aliphatic heterocycles. The number of hydrogen-bond donors (Lipinski definition) is 2. The lowest BCUT2D eigenvalue weighted by Crippen LogP contribution is -2.43. The van der Waals surface area contributed by atoms with Crippen molar-refractivity contribution >= 4 is 0 Å². The fourth-order valence-corrected chi connectivity index (χ4v) is 1.98. The molecule has 0 aromatic rings. The summed E-state index contributed by atoms with van der Waals surface area (Å²) in [6.45, 7) is 6.03. The molecule has 0 spiro atoms. The van der Waals surface area contributed by atoms with Crippen LogP contribution in [-0.4, -0.2) is 55.5 Å². The summed E-state index contributed by atoms with van der Waals surface area (Å²) in [6, 6.07) is 0. The van der Waals surface area contributed by atoms with Gasteiger partial charge in [-0.25, -0.2) is 0 Å². The highest BCUT2D eigenvalue weighted by Gasteiger charge is 2.24.